The van der Waals surface area contributed by atoms with Gasteiger partial charge in [0.15, 0.2) is 0 Å². The van der Waals surface area contributed by atoms with Crippen molar-refractivity contribution in [2.75, 3.05) is 33.9 Å². The molecule has 1 aromatic carbocycles. The minimum Gasteiger partial charge on any atom is -0.497 e. The van der Waals surface area contributed by atoms with E-state index >= 15 is 0 Å². The van der Waals surface area contributed by atoms with Crippen LogP contribution in [0.2, 0.25) is 0 Å². The maximum Gasteiger partial charge on any atom is 0.242 e. The van der Waals surface area contributed by atoms with E-state index in [4.69, 9.17) is 9.47 Å². The zero-order valence-electron chi connectivity index (χ0n) is 16.8. The molecule has 154 valence electrons. The first-order chi connectivity index (χ1) is 14.1. The molecular weight excluding hydrogens is 372 g/mol. The minimum absolute atomic E-state index is 0.0509. The molecule has 0 unspecified atom stereocenters. The molecule has 0 radical (unpaired) electrons. The van der Waals surface area contributed by atoms with Crippen molar-refractivity contribution in [1.82, 2.24) is 19.8 Å². The van der Waals surface area contributed by atoms with Crippen LogP contribution < -0.4 is 4.74 Å². The highest BCUT2D eigenvalue weighted by Gasteiger charge is 2.30. The van der Waals surface area contributed by atoms with E-state index in [1.807, 2.05) is 24.3 Å². The van der Waals surface area contributed by atoms with Gasteiger partial charge in [0.25, 0.3) is 0 Å². The second-order valence-electron chi connectivity index (χ2n) is 6.95. The summed E-state index contributed by atoms with van der Waals surface area (Å²) in [6.07, 6.45) is 5.38. The Bertz CT molecular complexity index is 813. The first kappa shape index (κ1) is 20.7. The summed E-state index contributed by atoms with van der Waals surface area (Å²) in [5.41, 5.74) is 1.75. The van der Waals surface area contributed by atoms with Gasteiger partial charge in [-0.1, -0.05) is 12.1 Å². The predicted octanol–water partition coefficient (Wildman–Crippen LogP) is 1.30. The first-order valence-corrected chi connectivity index (χ1v) is 9.55. The van der Waals surface area contributed by atoms with Gasteiger partial charge in [-0.15, -0.1) is 0 Å². The maximum atomic E-state index is 12.8. The van der Waals surface area contributed by atoms with Gasteiger partial charge < -0.3 is 19.3 Å². The third kappa shape index (κ3) is 5.74. The van der Waals surface area contributed by atoms with E-state index in [9.17, 15) is 9.59 Å². The lowest BCUT2D eigenvalue weighted by atomic mass is 10.2. The number of carbonyl (C=O) groups is 2. The van der Waals surface area contributed by atoms with Gasteiger partial charge >= 0.3 is 0 Å². The third-order valence-corrected chi connectivity index (χ3v) is 4.96. The SMILES string of the molecule is COc1ccc(CN2C[C@H](OC)CN(C(=O)CCc3cnccn3)CC2=O)cc1. The second kappa shape index (κ2) is 9.97. The number of methoxy groups -OCH3 is 2. The number of benzene rings is 1. The molecule has 2 aromatic rings. The molecule has 1 aromatic heterocycles. The van der Waals surface area contributed by atoms with E-state index in [2.05, 4.69) is 9.97 Å². The number of aryl methyl sites for hydroxylation is 1. The number of nitrogens with zero attached hydrogens (tertiary/aromatic N) is 4. The molecule has 29 heavy (non-hydrogen) atoms. The monoisotopic (exact) mass is 398 g/mol. The van der Waals surface area contributed by atoms with Gasteiger partial charge in [-0.2, -0.15) is 0 Å². The topological polar surface area (TPSA) is 84.9 Å². The quantitative estimate of drug-likeness (QED) is 0.699. The average molecular weight is 398 g/mol. The number of ether oxygens (including phenoxy) is 2. The van der Waals surface area contributed by atoms with E-state index < -0.39 is 0 Å². The van der Waals surface area contributed by atoms with E-state index in [1.165, 1.54) is 0 Å². The van der Waals surface area contributed by atoms with Crippen LogP contribution in [0.5, 0.6) is 5.75 Å². The largest absolute Gasteiger partial charge is 0.497 e. The summed E-state index contributed by atoms with van der Waals surface area (Å²) in [7, 11) is 3.22. The molecule has 1 aliphatic rings. The molecule has 1 aliphatic heterocycles. The Labute approximate surface area is 170 Å². The third-order valence-electron chi connectivity index (χ3n) is 4.96. The maximum absolute atomic E-state index is 12.8. The standard InChI is InChI=1S/C21H26N4O4/c1-28-18-6-3-16(4-7-18)12-24-13-19(29-2)14-25(15-21(24)27)20(26)8-5-17-11-22-9-10-23-17/h3-4,6-7,9-11,19H,5,8,12-15H2,1-2H3/t19-/m0/s1. The fourth-order valence-corrected chi connectivity index (χ4v) is 3.27. The molecule has 0 spiro atoms. The summed E-state index contributed by atoms with van der Waals surface area (Å²) in [6.45, 7) is 1.34. The number of aromatic nitrogens is 2. The van der Waals surface area contributed by atoms with Crippen molar-refractivity contribution in [1.29, 1.82) is 0 Å². The summed E-state index contributed by atoms with van der Waals surface area (Å²) < 4.78 is 10.7. The summed E-state index contributed by atoms with van der Waals surface area (Å²) in [4.78, 5) is 37.1. The Morgan fingerprint density at radius 3 is 2.62 bits per heavy atom. The number of hydrogen-bond donors (Lipinski definition) is 0. The Kier molecular flexibility index (Phi) is 7.13. The zero-order chi connectivity index (χ0) is 20.6. The lowest BCUT2D eigenvalue weighted by molar-refractivity contribution is -0.139. The van der Waals surface area contributed by atoms with E-state index in [-0.39, 0.29) is 30.9 Å². The number of hydrogen-bond acceptors (Lipinski definition) is 6. The van der Waals surface area contributed by atoms with Crippen LogP contribution in [0.3, 0.4) is 0 Å². The molecule has 0 N–H and O–H groups in total. The van der Waals surface area contributed by atoms with Gasteiger partial charge in [0, 0.05) is 51.8 Å². The fraction of sp³-hybridized carbons (Fsp3) is 0.429. The summed E-state index contributed by atoms with van der Waals surface area (Å²) in [5.74, 6) is 0.594. The lowest BCUT2D eigenvalue weighted by Gasteiger charge is -2.23. The minimum atomic E-state index is -0.236. The zero-order valence-corrected chi connectivity index (χ0v) is 16.8. The van der Waals surface area contributed by atoms with Gasteiger partial charge in [0.2, 0.25) is 11.8 Å². The summed E-state index contributed by atoms with van der Waals surface area (Å²) >= 11 is 0. The van der Waals surface area contributed by atoms with Crippen LogP contribution in [0.4, 0.5) is 0 Å². The molecule has 2 heterocycles. The van der Waals surface area contributed by atoms with Gasteiger partial charge in [-0.25, -0.2) is 0 Å². The Morgan fingerprint density at radius 1 is 1.17 bits per heavy atom. The molecule has 1 fully saturated rings. The lowest BCUT2D eigenvalue weighted by Crippen LogP contribution is -2.39. The highest BCUT2D eigenvalue weighted by atomic mass is 16.5. The average Bonchev–Trinajstić information content (AvgIpc) is 2.92. The van der Waals surface area contributed by atoms with Crippen LogP contribution in [-0.2, 0) is 27.3 Å². The highest BCUT2D eigenvalue weighted by Crippen LogP contribution is 2.16. The van der Waals surface area contributed by atoms with Crippen molar-refractivity contribution < 1.29 is 19.1 Å². The van der Waals surface area contributed by atoms with Gasteiger partial charge in [0.1, 0.15) is 5.75 Å². The molecule has 8 nitrogen and oxygen atoms in total. The Balaban J connectivity index is 1.63. The van der Waals surface area contributed by atoms with Crippen LogP contribution in [0.25, 0.3) is 0 Å². The molecule has 0 saturated carbocycles. The van der Waals surface area contributed by atoms with E-state index in [1.54, 1.807) is 42.6 Å². The molecule has 1 atom stereocenters. The molecular formula is C21H26N4O4. The number of rotatable bonds is 7. The van der Waals surface area contributed by atoms with Crippen LogP contribution in [0.1, 0.15) is 17.7 Å². The molecule has 1 saturated heterocycles. The van der Waals surface area contributed by atoms with Crippen molar-refractivity contribution in [3.05, 3.63) is 54.1 Å². The first-order valence-electron chi connectivity index (χ1n) is 9.55. The number of amides is 2. The predicted molar refractivity (Wildman–Crippen MR) is 106 cm³/mol. The molecule has 0 aliphatic carbocycles. The van der Waals surface area contributed by atoms with E-state index in [0.29, 0.717) is 26.1 Å². The van der Waals surface area contributed by atoms with Gasteiger partial charge in [-0.3, -0.25) is 19.6 Å². The van der Waals surface area contributed by atoms with Gasteiger partial charge in [0.05, 0.1) is 25.5 Å². The van der Waals surface area contributed by atoms with Crippen LogP contribution in [0, 0.1) is 0 Å². The summed E-state index contributed by atoms with van der Waals surface area (Å²) in [6, 6.07) is 7.60. The molecule has 2 amide bonds. The Morgan fingerprint density at radius 2 is 1.97 bits per heavy atom. The smallest absolute Gasteiger partial charge is 0.242 e. The molecule has 8 heteroatoms. The highest BCUT2D eigenvalue weighted by molar-refractivity contribution is 5.85. The fourth-order valence-electron chi connectivity index (χ4n) is 3.27. The van der Waals surface area contributed by atoms with Crippen molar-refractivity contribution in [3.63, 3.8) is 0 Å². The van der Waals surface area contributed by atoms with Gasteiger partial charge in [-0.05, 0) is 24.1 Å². The van der Waals surface area contributed by atoms with Crippen LogP contribution >= 0.6 is 0 Å². The van der Waals surface area contributed by atoms with Crippen LogP contribution in [0.15, 0.2) is 42.9 Å². The molecule has 3 rings (SSSR count). The molecule has 0 bridgehead atoms. The number of carbonyl (C=O) groups excluding carboxylic acids is 2. The van der Waals surface area contributed by atoms with Crippen molar-refractivity contribution >= 4 is 11.8 Å². The normalized spacial score (nSPS) is 17.2. The van der Waals surface area contributed by atoms with E-state index in [0.717, 1.165) is 17.0 Å². The van der Waals surface area contributed by atoms with Crippen molar-refractivity contribution in [2.45, 2.75) is 25.5 Å². The van der Waals surface area contributed by atoms with Crippen LogP contribution in [-0.4, -0.2) is 71.5 Å². The second-order valence-corrected chi connectivity index (χ2v) is 6.95. The Hall–Kier alpha value is -3.00. The van der Waals surface area contributed by atoms with Crippen molar-refractivity contribution in [3.8, 4) is 5.75 Å². The van der Waals surface area contributed by atoms with Crippen molar-refractivity contribution in [2.24, 2.45) is 0 Å². The summed E-state index contributed by atoms with van der Waals surface area (Å²) in [5, 5.41) is 0.